The first kappa shape index (κ1) is 21.5. The van der Waals surface area contributed by atoms with Crippen molar-refractivity contribution in [1.82, 2.24) is 0 Å². The van der Waals surface area contributed by atoms with Crippen molar-refractivity contribution in [1.29, 1.82) is 0 Å². The highest BCUT2D eigenvalue weighted by Gasteiger charge is 2.18. The molecule has 0 aliphatic heterocycles. The molecule has 6 nitrogen and oxygen atoms in total. The molecule has 0 fully saturated rings. The fourth-order valence-electron chi connectivity index (χ4n) is 1.70. The van der Waals surface area contributed by atoms with E-state index >= 15 is 0 Å². The van der Waals surface area contributed by atoms with Crippen LogP contribution < -0.4 is 0 Å². The smallest absolute Gasteiger partial charge is 0.282 e. The van der Waals surface area contributed by atoms with Crippen LogP contribution in [0.2, 0.25) is 0 Å². The predicted octanol–water partition coefficient (Wildman–Crippen LogP) is 3.78. The van der Waals surface area contributed by atoms with E-state index in [0.717, 1.165) is 12.1 Å². The van der Waals surface area contributed by atoms with Gasteiger partial charge in [-0.2, -0.15) is 16.8 Å². The molecule has 0 unspecified atom stereocenters. The Bertz CT molecular complexity index is 768. The molecule has 0 spiro atoms. The summed E-state index contributed by atoms with van der Waals surface area (Å²) in [6.45, 7) is 8.25. The molecule has 2 N–H and O–H groups in total. The molecule has 0 saturated carbocycles. The number of hydrogen-bond donors (Lipinski definition) is 2. The lowest BCUT2D eigenvalue weighted by molar-refractivity contribution is 0.481. The molecule has 0 amide bonds. The van der Waals surface area contributed by atoms with E-state index in [1.807, 2.05) is 13.8 Å². The third kappa shape index (κ3) is 5.91. The van der Waals surface area contributed by atoms with Crippen molar-refractivity contribution in [3.8, 4) is 0 Å². The average molecular weight is 362 g/mol. The fraction of sp³-hybridized carbons (Fsp3) is 0.333. The second-order valence-corrected chi connectivity index (χ2v) is 7.04. The summed E-state index contributed by atoms with van der Waals surface area (Å²) in [7, 11) is -8.94. The van der Waals surface area contributed by atoms with Crippen LogP contribution in [0.25, 0.3) is 10.8 Å². The van der Waals surface area contributed by atoms with Crippen molar-refractivity contribution in [2.75, 3.05) is 0 Å². The first-order valence-electron chi connectivity index (χ1n) is 7.09. The standard InChI is InChI=1S/C10H8O6S2.C3H8.C2H6/c11-17(12,13)9-5-1-3-7-8(9)4-2-6-10(7)18(14,15)16;1-3-2;1-2/h1-6H,(H,11,12,13)(H,14,15,16);3H2,1-2H3;1-2H3. The van der Waals surface area contributed by atoms with Gasteiger partial charge in [-0.25, -0.2) is 0 Å². The van der Waals surface area contributed by atoms with Gasteiger partial charge in [-0.05, 0) is 12.1 Å². The Morgan fingerprint density at radius 2 is 1.00 bits per heavy atom. The molecule has 130 valence electrons. The molecule has 8 heteroatoms. The van der Waals surface area contributed by atoms with Gasteiger partial charge in [0.2, 0.25) is 0 Å². The Morgan fingerprint density at radius 3 is 1.22 bits per heavy atom. The largest absolute Gasteiger partial charge is 0.295 e. The summed E-state index contributed by atoms with van der Waals surface area (Å²) in [5, 5.41) is 0.0465. The summed E-state index contributed by atoms with van der Waals surface area (Å²) in [6.07, 6.45) is 1.25. The van der Waals surface area contributed by atoms with Crippen LogP contribution in [0.5, 0.6) is 0 Å². The van der Waals surface area contributed by atoms with Gasteiger partial charge in [0, 0.05) is 10.8 Å². The van der Waals surface area contributed by atoms with Crippen LogP contribution in [-0.2, 0) is 20.2 Å². The van der Waals surface area contributed by atoms with E-state index in [2.05, 4.69) is 13.8 Å². The minimum absolute atomic E-state index is 0.0233. The second-order valence-electron chi connectivity index (χ2n) is 4.26. The van der Waals surface area contributed by atoms with E-state index in [0.29, 0.717) is 0 Å². The Morgan fingerprint density at radius 1 is 0.739 bits per heavy atom. The number of hydrogen-bond acceptors (Lipinski definition) is 4. The molecular weight excluding hydrogens is 340 g/mol. The third-order valence-electron chi connectivity index (χ3n) is 2.40. The summed E-state index contributed by atoms with van der Waals surface area (Å²) in [4.78, 5) is -0.823. The molecule has 0 saturated heterocycles. The Hall–Kier alpha value is -1.48. The molecule has 0 aliphatic carbocycles. The number of fused-ring (bicyclic) bond motifs is 1. The van der Waals surface area contributed by atoms with E-state index in [4.69, 9.17) is 9.11 Å². The zero-order chi connectivity index (χ0) is 18.3. The maximum Gasteiger partial charge on any atom is 0.295 e. The van der Waals surface area contributed by atoms with Gasteiger partial charge in [-0.15, -0.1) is 0 Å². The van der Waals surface area contributed by atoms with Gasteiger partial charge in [-0.1, -0.05) is 58.4 Å². The SMILES string of the molecule is CC.CCC.O=S(=O)(O)c1cccc2c(S(=O)(=O)O)cccc12. The van der Waals surface area contributed by atoms with Gasteiger partial charge in [-0.3, -0.25) is 9.11 Å². The van der Waals surface area contributed by atoms with Crippen LogP contribution in [0, 0.1) is 0 Å². The van der Waals surface area contributed by atoms with Gasteiger partial charge in [0.25, 0.3) is 20.2 Å². The van der Waals surface area contributed by atoms with Gasteiger partial charge in [0.05, 0.1) is 0 Å². The lowest BCUT2D eigenvalue weighted by Gasteiger charge is -2.06. The van der Waals surface area contributed by atoms with E-state index in [-0.39, 0.29) is 10.8 Å². The molecule has 0 aliphatic rings. The monoisotopic (exact) mass is 362 g/mol. The third-order valence-corrected chi connectivity index (χ3v) is 4.22. The van der Waals surface area contributed by atoms with Crippen LogP contribution in [0.1, 0.15) is 34.1 Å². The van der Waals surface area contributed by atoms with Gasteiger partial charge in [0.1, 0.15) is 9.79 Å². The molecule has 2 aromatic rings. The summed E-state index contributed by atoms with van der Waals surface area (Å²) in [6, 6.07) is 7.53. The normalized spacial score (nSPS) is 11.0. The molecule has 0 bridgehead atoms. The van der Waals surface area contributed by atoms with Crippen molar-refractivity contribution in [3.05, 3.63) is 36.4 Å². The van der Waals surface area contributed by atoms with Crippen LogP contribution in [0.3, 0.4) is 0 Å². The van der Waals surface area contributed by atoms with Crippen molar-refractivity contribution < 1.29 is 25.9 Å². The Kier molecular flexibility index (Phi) is 8.39. The maximum atomic E-state index is 11.2. The molecule has 23 heavy (non-hydrogen) atoms. The van der Waals surface area contributed by atoms with Crippen LogP contribution in [0.4, 0.5) is 0 Å². The van der Waals surface area contributed by atoms with Crippen molar-refractivity contribution in [2.45, 2.75) is 43.9 Å². The van der Waals surface area contributed by atoms with Gasteiger partial charge >= 0.3 is 0 Å². The van der Waals surface area contributed by atoms with Crippen LogP contribution >= 0.6 is 0 Å². The van der Waals surface area contributed by atoms with E-state index in [1.165, 1.54) is 30.7 Å². The summed E-state index contributed by atoms with van der Waals surface area (Å²) in [5.74, 6) is 0. The maximum absolute atomic E-state index is 11.2. The second kappa shape index (κ2) is 8.97. The zero-order valence-electron chi connectivity index (χ0n) is 13.5. The first-order chi connectivity index (χ1) is 10.6. The lowest BCUT2D eigenvalue weighted by Crippen LogP contribution is -2.02. The minimum Gasteiger partial charge on any atom is -0.282 e. The fourth-order valence-corrected chi connectivity index (χ4v) is 3.12. The molecule has 0 atom stereocenters. The molecule has 2 aromatic carbocycles. The van der Waals surface area contributed by atoms with Gasteiger partial charge in [0.15, 0.2) is 0 Å². The van der Waals surface area contributed by atoms with Crippen molar-refractivity contribution in [3.63, 3.8) is 0 Å². The van der Waals surface area contributed by atoms with Gasteiger partial charge < -0.3 is 0 Å². The summed E-state index contributed by atoms with van der Waals surface area (Å²) >= 11 is 0. The van der Waals surface area contributed by atoms with E-state index in [1.54, 1.807) is 0 Å². The molecule has 0 radical (unpaired) electrons. The highest BCUT2D eigenvalue weighted by atomic mass is 32.2. The quantitative estimate of drug-likeness (QED) is 0.787. The molecule has 0 aromatic heterocycles. The highest BCUT2D eigenvalue weighted by molar-refractivity contribution is 7.86. The van der Waals surface area contributed by atoms with Crippen LogP contribution in [-0.4, -0.2) is 25.9 Å². The Labute approximate surface area is 137 Å². The zero-order valence-corrected chi connectivity index (χ0v) is 15.1. The molecule has 0 heterocycles. The van der Waals surface area contributed by atoms with E-state index in [9.17, 15) is 16.8 Å². The number of rotatable bonds is 2. The average Bonchev–Trinajstić information content (AvgIpc) is 2.47. The predicted molar refractivity (Wildman–Crippen MR) is 90.9 cm³/mol. The van der Waals surface area contributed by atoms with Crippen LogP contribution in [0.15, 0.2) is 46.2 Å². The topological polar surface area (TPSA) is 109 Å². The molecule has 2 rings (SSSR count). The molecular formula is C15H22O6S2. The highest BCUT2D eigenvalue weighted by Crippen LogP contribution is 2.27. The summed E-state index contributed by atoms with van der Waals surface area (Å²) in [5.41, 5.74) is 0. The number of benzene rings is 2. The van der Waals surface area contributed by atoms with E-state index < -0.39 is 30.0 Å². The first-order valence-corrected chi connectivity index (χ1v) is 9.97. The lowest BCUT2D eigenvalue weighted by atomic mass is 10.1. The Balaban J connectivity index is 0.000000868. The van der Waals surface area contributed by atoms with Crippen molar-refractivity contribution >= 4 is 31.0 Å². The van der Waals surface area contributed by atoms with Crippen molar-refractivity contribution in [2.24, 2.45) is 0 Å². The summed E-state index contributed by atoms with van der Waals surface area (Å²) < 4.78 is 62.7. The minimum atomic E-state index is -4.47.